The van der Waals surface area contributed by atoms with Crippen molar-refractivity contribution in [3.8, 4) is 0 Å². The topological polar surface area (TPSA) is 94.8 Å². The van der Waals surface area contributed by atoms with Gasteiger partial charge >= 0.3 is 0 Å². The summed E-state index contributed by atoms with van der Waals surface area (Å²) in [5, 5.41) is 15.7. The molecule has 0 radical (unpaired) electrons. The number of hydrogen-bond acceptors (Lipinski definition) is 5. The molecule has 0 saturated carbocycles. The van der Waals surface area contributed by atoms with Crippen molar-refractivity contribution in [3.05, 3.63) is 54.0 Å². The van der Waals surface area contributed by atoms with Gasteiger partial charge in [-0.15, -0.1) is 0 Å². The molecule has 3 rings (SSSR count). The number of amides is 2. The number of para-hydroxylation sites is 1. The maximum atomic E-state index is 12.6. The van der Waals surface area contributed by atoms with E-state index in [-0.39, 0.29) is 23.5 Å². The zero-order chi connectivity index (χ0) is 17.8. The number of nitrogens with one attached hydrogen (secondary N) is 2. The highest BCUT2D eigenvalue weighted by molar-refractivity contribution is 6.09. The van der Waals surface area contributed by atoms with E-state index in [0.717, 1.165) is 0 Å². The van der Waals surface area contributed by atoms with Crippen LogP contribution >= 0.6 is 0 Å². The lowest BCUT2D eigenvalue weighted by Crippen LogP contribution is -2.35. The summed E-state index contributed by atoms with van der Waals surface area (Å²) in [6.07, 6.45) is 0.972. The second kappa shape index (κ2) is 7.50. The van der Waals surface area contributed by atoms with Crippen molar-refractivity contribution in [1.82, 2.24) is 10.6 Å². The van der Waals surface area contributed by atoms with Crippen LogP contribution in [0, 0.1) is 5.92 Å². The highest BCUT2D eigenvalue weighted by Gasteiger charge is 2.26. The average molecular weight is 343 g/mol. The van der Waals surface area contributed by atoms with Crippen molar-refractivity contribution in [2.45, 2.75) is 6.10 Å². The first-order valence-corrected chi connectivity index (χ1v) is 8.15. The minimum Gasteiger partial charge on any atom is -0.459 e. The van der Waals surface area contributed by atoms with Gasteiger partial charge in [0, 0.05) is 32.6 Å². The van der Waals surface area contributed by atoms with Gasteiger partial charge in [-0.3, -0.25) is 9.59 Å². The van der Waals surface area contributed by atoms with Gasteiger partial charge in [-0.1, -0.05) is 12.1 Å². The van der Waals surface area contributed by atoms with Crippen LogP contribution in [0.4, 0.5) is 5.69 Å². The van der Waals surface area contributed by atoms with Crippen LogP contribution in [0.1, 0.15) is 20.9 Å². The van der Waals surface area contributed by atoms with Crippen molar-refractivity contribution in [2.24, 2.45) is 5.92 Å². The Hall–Kier alpha value is -2.64. The zero-order valence-electron chi connectivity index (χ0n) is 13.9. The fraction of sp³-hybridized carbons (Fsp3) is 0.333. The Bertz CT molecular complexity index is 745. The lowest BCUT2D eigenvalue weighted by Gasteiger charge is -2.20. The van der Waals surface area contributed by atoms with Crippen LogP contribution in [0.3, 0.4) is 0 Å². The van der Waals surface area contributed by atoms with E-state index in [1.807, 2.05) is 0 Å². The third-order valence-corrected chi connectivity index (χ3v) is 4.38. The molecule has 1 aliphatic heterocycles. The van der Waals surface area contributed by atoms with E-state index < -0.39 is 6.10 Å². The molecule has 25 heavy (non-hydrogen) atoms. The van der Waals surface area contributed by atoms with Crippen molar-refractivity contribution < 1.29 is 19.1 Å². The molecule has 2 aromatic rings. The summed E-state index contributed by atoms with van der Waals surface area (Å²) in [6.45, 7) is 1.58. The first kappa shape index (κ1) is 17.2. The largest absolute Gasteiger partial charge is 0.459 e. The molecule has 0 bridgehead atoms. The van der Waals surface area contributed by atoms with Gasteiger partial charge in [0.2, 0.25) is 0 Å². The molecular weight excluding hydrogens is 322 g/mol. The van der Waals surface area contributed by atoms with Gasteiger partial charge < -0.3 is 25.1 Å². The number of carbonyl (C=O) groups is 2. The monoisotopic (exact) mass is 343 g/mol. The number of β-amino-alcohol motifs (C(OH)–C–C–N with tert-alkyl or cyclic N) is 1. The number of hydrogen-bond donors (Lipinski definition) is 3. The van der Waals surface area contributed by atoms with E-state index >= 15 is 0 Å². The van der Waals surface area contributed by atoms with Crippen LogP contribution in [-0.4, -0.2) is 49.7 Å². The Morgan fingerprint density at radius 3 is 2.76 bits per heavy atom. The molecule has 1 aromatic carbocycles. The predicted molar refractivity (Wildman–Crippen MR) is 92.6 cm³/mol. The maximum Gasteiger partial charge on any atom is 0.293 e. The number of aliphatic hydroxyl groups excluding tert-OH is 1. The molecule has 2 heterocycles. The summed E-state index contributed by atoms with van der Waals surface area (Å²) >= 11 is 0. The SMILES string of the molecule is CN(C(=O)c1ccco1)c1ccccc1C(=O)NCC1CNCC1O. The molecule has 3 N–H and O–H groups in total. The van der Waals surface area contributed by atoms with Crippen molar-refractivity contribution in [1.29, 1.82) is 0 Å². The van der Waals surface area contributed by atoms with Gasteiger partial charge in [0.25, 0.3) is 11.8 Å². The molecule has 1 saturated heterocycles. The fourth-order valence-electron chi connectivity index (χ4n) is 2.88. The lowest BCUT2D eigenvalue weighted by atomic mass is 10.1. The first-order valence-electron chi connectivity index (χ1n) is 8.15. The summed E-state index contributed by atoms with van der Waals surface area (Å²) in [6, 6.07) is 10.1. The van der Waals surface area contributed by atoms with Crippen molar-refractivity contribution in [2.75, 3.05) is 31.6 Å². The Morgan fingerprint density at radius 1 is 1.28 bits per heavy atom. The molecule has 7 heteroatoms. The maximum absolute atomic E-state index is 12.6. The van der Waals surface area contributed by atoms with Gasteiger partial charge in [-0.05, 0) is 24.3 Å². The summed E-state index contributed by atoms with van der Waals surface area (Å²) in [4.78, 5) is 26.4. The molecule has 1 aromatic heterocycles. The smallest absolute Gasteiger partial charge is 0.293 e. The number of anilines is 1. The summed E-state index contributed by atoms with van der Waals surface area (Å²) in [5.41, 5.74) is 0.886. The third kappa shape index (κ3) is 3.72. The van der Waals surface area contributed by atoms with Gasteiger partial charge in [0.05, 0.1) is 23.6 Å². The molecular formula is C18H21N3O4. The molecule has 2 unspecified atom stereocenters. The molecule has 1 fully saturated rings. The van der Waals surface area contributed by atoms with Crippen LogP contribution in [0.5, 0.6) is 0 Å². The van der Waals surface area contributed by atoms with Crippen LogP contribution in [0.2, 0.25) is 0 Å². The number of furan rings is 1. The van der Waals surface area contributed by atoms with Crippen LogP contribution in [0.15, 0.2) is 47.1 Å². The number of nitrogens with zero attached hydrogens (tertiary/aromatic N) is 1. The second-order valence-corrected chi connectivity index (χ2v) is 6.05. The summed E-state index contributed by atoms with van der Waals surface area (Å²) < 4.78 is 5.14. The van der Waals surface area contributed by atoms with Gasteiger partial charge in [0.1, 0.15) is 0 Å². The molecule has 0 spiro atoms. The van der Waals surface area contributed by atoms with E-state index in [0.29, 0.717) is 30.9 Å². The Kier molecular flexibility index (Phi) is 5.16. The third-order valence-electron chi connectivity index (χ3n) is 4.38. The number of aliphatic hydroxyl groups is 1. The normalized spacial score (nSPS) is 19.6. The molecule has 7 nitrogen and oxygen atoms in total. The minimum atomic E-state index is -0.459. The van der Waals surface area contributed by atoms with Gasteiger partial charge in [-0.25, -0.2) is 0 Å². The number of rotatable bonds is 5. The highest BCUT2D eigenvalue weighted by Crippen LogP contribution is 2.21. The minimum absolute atomic E-state index is 0.0152. The lowest BCUT2D eigenvalue weighted by molar-refractivity contribution is 0.0927. The molecule has 0 aliphatic carbocycles. The van der Waals surface area contributed by atoms with E-state index in [1.165, 1.54) is 11.2 Å². The average Bonchev–Trinajstić information content (AvgIpc) is 3.30. The van der Waals surface area contributed by atoms with Crippen LogP contribution in [0.25, 0.3) is 0 Å². The Balaban J connectivity index is 1.73. The highest BCUT2D eigenvalue weighted by atomic mass is 16.3. The number of benzene rings is 1. The first-order chi connectivity index (χ1) is 12.1. The van der Waals surface area contributed by atoms with Gasteiger partial charge in [0.15, 0.2) is 5.76 Å². The van der Waals surface area contributed by atoms with Crippen molar-refractivity contribution >= 4 is 17.5 Å². The second-order valence-electron chi connectivity index (χ2n) is 6.05. The predicted octanol–water partition coefficient (Wildman–Crippen LogP) is 0.866. The van der Waals surface area contributed by atoms with Crippen LogP contribution in [-0.2, 0) is 0 Å². The van der Waals surface area contributed by atoms with Crippen molar-refractivity contribution in [3.63, 3.8) is 0 Å². The standard InChI is InChI=1S/C18H21N3O4/c1-21(18(24)16-7-4-8-25-16)14-6-3-2-5-13(14)17(23)20-10-12-9-19-11-15(12)22/h2-8,12,15,19,22H,9-11H2,1H3,(H,20,23). The Labute approximate surface area is 145 Å². The molecule has 2 atom stereocenters. The van der Waals surface area contributed by atoms with E-state index in [2.05, 4.69) is 10.6 Å². The summed E-state index contributed by atoms with van der Waals surface area (Å²) in [7, 11) is 1.60. The van der Waals surface area contributed by atoms with Gasteiger partial charge in [-0.2, -0.15) is 0 Å². The van der Waals surface area contributed by atoms with E-state index in [1.54, 1.807) is 43.4 Å². The number of carbonyl (C=O) groups excluding carboxylic acids is 2. The molecule has 1 aliphatic rings. The quantitative estimate of drug-likeness (QED) is 0.749. The fourth-order valence-corrected chi connectivity index (χ4v) is 2.88. The van der Waals surface area contributed by atoms with Crippen LogP contribution < -0.4 is 15.5 Å². The van der Waals surface area contributed by atoms with E-state index in [4.69, 9.17) is 4.42 Å². The summed E-state index contributed by atoms with van der Waals surface area (Å²) in [5.74, 6) is -0.425. The molecule has 132 valence electrons. The Morgan fingerprint density at radius 2 is 2.08 bits per heavy atom. The van der Waals surface area contributed by atoms with E-state index in [9.17, 15) is 14.7 Å². The zero-order valence-corrected chi connectivity index (χ0v) is 13.9. The molecule has 2 amide bonds.